The van der Waals surface area contributed by atoms with E-state index < -0.39 is 23.8 Å². The van der Waals surface area contributed by atoms with E-state index in [9.17, 15) is 13.2 Å². The van der Waals surface area contributed by atoms with Crippen LogP contribution in [0, 0.1) is 0 Å². The Labute approximate surface area is 82.4 Å². The predicted molar refractivity (Wildman–Crippen MR) is 49.8 cm³/mol. The van der Waals surface area contributed by atoms with Crippen LogP contribution >= 0.6 is 0 Å². The molecule has 4 heteroatoms. The van der Waals surface area contributed by atoms with Gasteiger partial charge in [-0.25, -0.2) is 0 Å². The number of halogens is 3. The van der Waals surface area contributed by atoms with Crippen LogP contribution in [0.4, 0.5) is 13.2 Å². The van der Waals surface area contributed by atoms with E-state index in [4.69, 9.17) is 0 Å². The van der Waals surface area contributed by atoms with E-state index in [0.29, 0.717) is 3.61 Å². The van der Waals surface area contributed by atoms with Gasteiger partial charge in [0.25, 0.3) is 0 Å². The third-order valence-electron chi connectivity index (χ3n) is 1.69. The molecule has 0 aliphatic heterocycles. The molecule has 74 valence electrons. The van der Waals surface area contributed by atoms with Gasteiger partial charge in [-0.15, -0.1) is 0 Å². The zero-order valence-electron chi connectivity index (χ0n) is 7.17. The monoisotopic (exact) mass is 306 g/mol. The van der Waals surface area contributed by atoms with Crippen molar-refractivity contribution in [2.75, 3.05) is 0 Å². The van der Waals surface area contributed by atoms with Crippen molar-refractivity contribution in [1.82, 2.24) is 0 Å². The molecule has 0 bridgehead atoms. The van der Waals surface area contributed by atoms with Crippen LogP contribution in [0.5, 0.6) is 0 Å². The third-order valence-corrected chi connectivity index (χ3v) is 7.87. The Kier molecular flexibility index (Phi) is 3.63. The molecule has 0 aliphatic carbocycles. The van der Waals surface area contributed by atoms with Gasteiger partial charge < -0.3 is 0 Å². The average molecular weight is 304 g/mol. The zero-order valence-corrected chi connectivity index (χ0v) is 9.73. The normalized spacial score (nSPS) is 15.5. The van der Waals surface area contributed by atoms with Crippen LogP contribution in [0.3, 0.4) is 0 Å². The zero-order chi connectivity index (χ0) is 9.90. The van der Waals surface area contributed by atoms with Crippen molar-refractivity contribution >= 4 is 23.2 Å². The fraction of sp³-hybridized carbons (Fsp3) is 0.333. The van der Waals surface area contributed by atoms with Gasteiger partial charge in [-0.2, -0.15) is 0 Å². The van der Waals surface area contributed by atoms with Crippen molar-refractivity contribution in [3.63, 3.8) is 0 Å². The van der Waals surface area contributed by atoms with E-state index >= 15 is 0 Å². The van der Waals surface area contributed by atoms with Gasteiger partial charge in [-0.05, 0) is 0 Å². The van der Waals surface area contributed by atoms with E-state index in [-0.39, 0.29) is 4.47 Å². The fourth-order valence-electron chi connectivity index (χ4n) is 1.12. The topological polar surface area (TPSA) is 0 Å². The number of alkyl halides is 3. The van der Waals surface area contributed by atoms with Crippen LogP contribution in [-0.4, -0.2) is 23.8 Å². The first kappa shape index (κ1) is 10.9. The molecule has 0 amide bonds. The van der Waals surface area contributed by atoms with Crippen LogP contribution in [-0.2, 0) is 0 Å². The Morgan fingerprint density at radius 3 is 2.08 bits per heavy atom. The van der Waals surface area contributed by atoms with Gasteiger partial charge in [0, 0.05) is 0 Å². The Hall–Kier alpha value is -0.200. The molecule has 1 aromatic rings. The quantitative estimate of drug-likeness (QED) is 0.735. The van der Waals surface area contributed by atoms with Crippen LogP contribution in [0.2, 0.25) is 4.47 Å². The van der Waals surface area contributed by atoms with Gasteiger partial charge in [0.15, 0.2) is 0 Å². The second-order valence-corrected chi connectivity index (χ2v) is 9.72. The maximum absolute atomic E-state index is 12.5. The summed E-state index contributed by atoms with van der Waals surface area (Å²) in [6.45, 7) is 1.63. The van der Waals surface area contributed by atoms with Crippen molar-refractivity contribution in [3.05, 3.63) is 30.3 Å². The molecule has 1 aromatic carbocycles. The summed E-state index contributed by atoms with van der Waals surface area (Å²) >= 11 is -3.22. The molecule has 1 unspecified atom stereocenters. The summed E-state index contributed by atoms with van der Waals surface area (Å²) in [6, 6.07) is 8.29. The van der Waals surface area contributed by atoms with Crippen molar-refractivity contribution in [3.8, 4) is 0 Å². The summed E-state index contributed by atoms with van der Waals surface area (Å²) in [4.78, 5) is 0. The first-order valence-electron chi connectivity index (χ1n) is 3.95. The van der Waals surface area contributed by atoms with Crippen molar-refractivity contribution in [1.29, 1.82) is 0 Å². The molecule has 0 heterocycles. The molecular formula is C9H11F3Te. The van der Waals surface area contributed by atoms with Gasteiger partial charge in [-0.1, -0.05) is 0 Å². The Morgan fingerprint density at radius 1 is 1.15 bits per heavy atom. The number of benzene rings is 1. The standard InChI is InChI=1S/C9H11F3Te/c1-2-13(9(10,11)12)8-6-4-3-5-7-8/h3-7,13H,2H2,1H3. The van der Waals surface area contributed by atoms with Crippen LogP contribution < -0.4 is 3.61 Å². The maximum atomic E-state index is 12.5. The van der Waals surface area contributed by atoms with Gasteiger partial charge >= 0.3 is 82.3 Å². The van der Waals surface area contributed by atoms with Crippen LogP contribution in [0.1, 0.15) is 6.92 Å². The van der Waals surface area contributed by atoms with E-state index in [0.717, 1.165) is 0 Å². The first-order valence-corrected chi connectivity index (χ1v) is 8.31. The second kappa shape index (κ2) is 4.34. The molecule has 0 saturated carbocycles. The Morgan fingerprint density at radius 2 is 1.69 bits per heavy atom. The van der Waals surface area contributed by atoms with E-state index in [2.05, 4.69) is 0 Å². The summed E-state index contributed by atoms with van der Waals surface area (Å²) < 4.78 is 34.3. The van der Waals surface area contributed by atoms with E-state index in [1.165, 1.54) is 0 Å². The molecule has 0 aromatic heterocycles. The Balaban J connectivity index is 2.92. The average Bonchev–Trinajstić information content (AvgIpc) is 2.05. The van der Waals surface area contributed by atoms with Crippen LogP contribution in [0.25, 0.3) is 0 Å². The van der Waals surface area contributed by atoms with Crippen LogP contribution in [0.15, 0.2) is 30.3 Å². The molecule has 13 heavy (non-hydrogen) atoms. The van der Waals surface area contributed by atoms with Gasteiger partial charge in [0.2, 0.25) is 0 Å². The molecule has 1 rings (SSSR count). The summed E-state index contributed by atoms with van der Waals surface area (Å²) in [5.74, 6) is 0. The molecular weight excluding hydrogens is 293 g/mol. The van der Waals surface area contributed by atoms with Crippen molar-refractivity contribution in [2.45, 2.75) is 15.6 Å². The summed E-state index contributed by atoms with van der Waals surface area (Å²) in [5, 5.41) is 0. The van der Waals surface area contributed by atoms with Crippen molar-refractivity contribution < 1.29 is 13.2 Å². The molecule has 1 atom stereocenters. The SMILES string of the molecule is CC[TeH](c1ccccc1)C(F)(F)F. The first-order chi connectivity index (χ1) is 6.05. The number of rotatable bonds is 2. The molecule has 0 spiro atoms. The molecule has 0 nitrogen and oxygen atoms in total. The third kappa shape index (κ3) is 2.89. The molecule has 0 radical (unpaired) electrons. The van der Waals surface area contributed by atoms with Crippen molar-refractivity contribution in [2.24, 2.45) is 0 Å². The minimum absolute atomic E-state index is 0.274. The second-order valence-electron chi connectivity index (χ2n) is 2.55. The van der Waals surface area contributed by atoms with Gasteiger partial charge in [0.1, 0.15) is 0 Å². The Bertz CT molecular complexity index is 255. The van der Waals surface area contributed by atoms with Gasteiger partial charge in [0.05, 0.1) is 0 Å². The van der Waals surface area contributed by atoms with E-state index in [1.807, 2.05) is 0 Å². The molecule has 0 fully saturated rings. The predicted octanol–water partition coefficient (Wildman–Crippen LogP) is 2.24. The summed E-state index contributed by atoms with van der Waals surface area (Å²) in [7, 11) is 0. The van der Waals surface area contributed by atoms with E-state index in [1.54, 1.807) is 37.3 Å². The number of hydrogen-bond acceptors (Lipinski definition) is 0. The summed E-state index contributed by atoms with van der Waals surface area (Å²) in [5.41, 5.74) is 0. The fourth-order valence-corrected chi connectivity index (χ4v) is 5.54. The van der Waals surface area contributed by atoms with Gasteiger partial charge in [-0.3, -0.25) is 0 Å². The summed E-state index contributed by atoms with van der Waals surface area (Å²) in [6.07, 6.45) is 0. The molecule has 0 saturated heterocycles. The minimum atomic E-state index is -3.95. The molecule has 0 aliphatic rings. The number of hydrogen-bond donors (Lipinski definition) is 0. The molecule has 0 N–H and O–H groups in total.